The molecule has 1 fully saturated rings. The Balaban J connectivity index is 1.64. The van der Waals surface area contributed by atoms with Crippen molar-refractivity contribution in [1.82, 2.24) is 20.6 Å². The number of carbonyl (C=O) groups is 1. The first-order chi connectivity index (χ1) is 16.8. The van der Waals surface area contributed by atoms with Crippen LogP contribution in [0.3, 0.4) is 0 Å². The molecule has 4 heterocycles. The second kappa shape index (κ2) is 8.90. The number of halogens is 1. The molecule has 1 saturated heterocycles. The summed E-state index contributed by atoms with van der Waals surface area (Å²) in [6, 6.07) is 10.6. The van der Waals surface area contributed by atoms with Gasteiger partial charge in [0.1, 0.15) is 17.6 Å². The van der Waals surface area contributed by atoms with Crippen molar-refractivity contribution in [2.75, 3.05) is 19.7 Å². The fraction of sp³-hybridized carbons (Fsp3) is 0.346. The van der Waals surface area contributed by atoms with E-state index in [0.717, 1.165) is 0 Å². The number of hydrogen-bond donors (Lipinski definition) is 2. The van der Waals surface area contributed by atoms with Crippen LogP contribution in [0.4, 0.5) is 4.39 Å². The zero-order valence-corrected chi connectivity index (χ0v) is 19.8. The molecule has 0 aliphatic carbocycles. The summed E-state index contributed by atoms with van der Waals surface area (Å²) in [6.45, 7) is 7.54. The van der Waals surface area contributed by atoms with E-state index in [0.29, 0.717) is 65.7 Å². The Morgan fingerprint density at radius 1 is 1.23 bits per heavy atom. The van der Waals surface area contributed by atoms with E-state index >= 15 is 0 Å². The molecule has 3 aromatic rings. The summed E-state index contributed by atoms with van der Waals surface area (Å²) in [5.41, 5.74) is 1.31. The molecule has 2 aliphatic heterocycles. The molecule has 2 N–H and O–H groups in total. The number of nitrogens with zero attached hydrogens (tertiary/aromatic N) is 2. The predicted molar refractivity (Wildman–Crippen MR) is 127 cm³/mol. The van der Waals surface area contributed by atoms with Gasteiger partial charge in [0.05, 0.1) is 12.8 Å². The lowest BCUT2D eigenvalue weighted by atomic mass is 9.81. The number of benzene rings is 1. The number of pyridine rings is 2. The van der Waals surface area contributed by atoms with Crippen LogP contribution in [0, 0.1) is 11.4 Å². The predicted octanol–water partition coefficient (Wildman–Crippen LogP) is 3.75. The van der Waals surface area contributed by atoms with E-state index in [2.05, 4.69) is 41.4 Å². The first-order valence-corrected chi connectivity index (χ1v) is 11.4. The Labute approximate surface area is 202 Å². The van der Waals surface area contributed by atoms with Gasteiger partial charge < -0.3 is 24.8 Å². The number of morpholine rings is 1. The van der Waals surface area contributed by atoms with Gasteiger partial charge in [-0.1, -0.05) is 26.8 Å². The number of hydrogen-bond acceptors (Lipinski definition) is 7. The first kappa shape index (κ1) is 23.2. The molecule has 0 radical (unpaired) electrons. The Morgan fingerprint density at radius 3 is 2.83 bits per heavy atom. The average Bonchev–Trinajstić information content (AvgIpc) is 2.83. The lowest BCUT2D eigenvalue weighted by Crippen LogP contribution is -2.57. The van der Waals surface area contributed by atoms with E-state index in [1.54, 1.807) is 30.5 Å². The maximum absolute atomic E-state index is 14.5. The molecule has 5 rings (SSSR count). The molecule has 1 amide bonds. The Bertz CT molecular complexity index is 1260. The number of rotatable bonds is 5. The number of ether oxygens (including phenoxy) is 3. The molecule has 1 aromatic carbocycles. The van der Waals surface area contributed by atoms with Gasteiger partial charge in [-0.05, 0) is 35.2 Å². The smallest absolute Gasteiger partial charge is 0.220 e. The number of aromatic nitrogens is 2. The molecule has 0 saturated carbocycles. The van der Waals surface area contributed by atoms with Crippen molar-refractivity contribution < 1.29 is 23.4 Å². The number of carbonyl (C=O) groups excluding carboxylic acids is 1. The van der Waals surface area contributed by atoms with Crippen LogP contribution in [0.15, 0.2) is 48.8 Å². The van der Waals surface area contributed by atoms with Gasteiger partial charge in [0.2, 0.25) is 18.2 Å². The zero-order chi connectivity index (χ0) is 24.6. The highest BCUT2D eigenvalue weighted by Crippen LogP contribution is 2.51. The van der Waals surface area contributed by atoms with Crippen molar-refractivity contribution in [3.63, 3.8) is 0 Å². The first-order valence-electron chi connectivity index (χ1n) is 11.4. The molecular formula is C26H27FN4O4. The van der Waals surface area contributed by atoms with E-state index in [4.69, 9.17) is 14.2 Å². The van der Waals surface area contributed by atoms with Gasteiger partial charge in [0.25, 0.3) is 0 Å². The van der Waals surface area contributed by atoms with Crippen molar-refractivity contribution in [3.8, 4) is 28.5 Å². The monoisotopic (exact) mass is 478 g/mol. The quantitative estimate of drug-likeness (QED) is 0.426. The topological polar surface area (TPSA) is 94.6 Å². The lowest BCUT2D eigenvalue weighted by molar-refractivity contribution is -0.130. The molecule has 35 heavy (non-hydrogen) atoms. The summed E-state index contributed by atoms with van der Waals surface area (Å²) in [5.74, 6) is 0.955. The van der Waals surface area contributed by atoms with Crippen LogP contribution >= 0.6 is 0 Å². The molecule has 2 aromatic heterocycles. The van der Waals surface area contributed by atoms with Gasteiger partial charge in [-0.25, -0.2) is 9.97 Å². The molecule has 2 aliphatic rings. The van der Waals surface area contributed by atoms with Crippen molar-refractivity contribution in [1.29, 1.82) is 0 Å². The summed E-state index contributed by atoms with van der Waals surface area (Å²) in [5, 5.41) is 6.07. The third kappa shape index (κ3) is 4.44. The molecule has 1 unspecified atom stereocenters. The zero-order valence-electron chi connectivity index (χ0n) is 19.8. The molecule has 2 atom stereocenters. The van der Waals surface area contributed by atoms with Gasteiger partial charge in [-0.3, -0.25) is 4.79 Å². The van der Waals surface area contributed by atoms with Crippen LogP contribution in [0.5, 0.6) is 17.4 Å². The maximum atomic E-state index is 14.5. The van der Waals surface area contributed by atoms with Crippen LogP contribution < -0.4 is 20.1 Å². The molecule has 8 nitrogen and oxygen atoms in total. The molecule has 1 spiro atoms. The summed E-state index contributed by atoms with van der Waals surface area (Å²) >= 11 is 0. The second-order valence-electron chi connectivity index (χ2n) is 9.87. The van der Waals surface area contributed by atoms with E-state index in [1.807, 2.05) is 12.1 Å². The van der Waals surface area contributed by atoms with Crippen LogP contribution in [0.1, 0.15) is 31.9 Å². The number of fused-ring (bicyclic) bond motifs is 4. The van der Waals surface area contributed by atoms with E-state index in [1.165, 1.54) is 6.20 Å². The van der Waals surface area contributed by atoms with Crippen molar-refractivity contribution in [3.05, 3.63) is 65.9 Å². The van der Waals surface area contributed by atoms with Crippen LogP contribution in [-0.2, 0) is 15.1 Å². The van der Waals surface area contributed by atoms with Gasteiger partial charge >= 0.3 is 0 Å². The lowest BCUT2D eigenvalue weighted by Gasteiger charge is -2.45. The average molecular weight is 479 g/mol. The molecule has 9 heteroatoms. The molecular weight excluding hydrogens is 451 g/mol. The number of nitrogens with one attached hydrogen (secondary N) is 2. The van der Waals surface area contributed by atoms with E-state index in [-0.39, 0.29) is 5.41 Å². The summed E-state index contributed by atoms with van der Waals surface area (Å²) in [7, 11) is 0. The summed E-state index contributed by atoms with van der Waals surface area (Å²) in [4.78, 5) is 19.4. The van der Waals surface area contributed by atoms with Gasteiger partial charge in [-0.2, -0.15) is 4.39 Å². The third-order valence-electron chi connectivity index (χ3n) is 5.94. The Hall–Kier alpha value is -3.56. The fourth-order valence-corrected chi connectivity index (χ4v) is 4.35. The highest BCUT2D eigenvalue weighted by molar-refractivity contribution is 5.69. The minimum absolute atomic E-state index is 0.0526. The van der Waals surface area contributed by atoms with Crippen LogP contribution in [0.2, 0.25) is 0 Å². The summed E-state index contributed by atoms with van der Waals surface area (Å²) < 4.78 is 33.2. The van der Waals surface area contributed by atoms with Gasteiger partial charge in [0, 0.05) is 42.0 Å². The normalized spacial score (nSPS) is 21.0. The highest BCUT2D eigenvalue weighted by atomic mass is 19.1. The van der Waals surface area contributed by atoms with Gasteiger partial charge in [0.15, 0.2) is 5.75 Å². The fourth-order valence-electron chi connectivity index (χ4n) is 4.35. The molecule has 0 bridgehead atoms. The SMILES string of the molecule is CC(C)(C)COc1cc2c(cn1)Oc1ccc(-c3cccnc3F)cc1C21CNC[C@@H](NC=O)O1. The summed E-state index contributed by atoms with van der Waals surface area (Å²) in [6.07, 6.45) is 3.05. The van der Waals surface area contributed by atoms with Crippen molar-refractivity contribution in [2.45, 2.75) is 32.6 Å². The van der Waals surface area contributed by atoms with Crippen molar-refractivity contribution in [2.24, 2.45) is 5.41 Å². The minimum Gasteiger partial charge on any atom is -0.477 e. The molecule has 182 valence electrons. The maximum Gasteiger partial charge on any atom is 0.220 e. The third-order valence-corrected chi connectivity index (χ3v) is 5.94. The van der Waals surface area contributed by atoms with Crippen molar-refractivity contribution >= 4 is 6.41 Å². The standard InChI is InChI=1S/C26H27FN4O4/c1-25(2,3)14-33-22-10-19-21(11-30-22)34-20-7-6-16(17-5-4-8-29-24(17)27)9-18(20)26(19)13-28-12-23(35-26)31-15-32/h4-11,15,23,28H,12-14H2,1-3H3,(H,31,32)/t23-,26?/m0/s1. The van der Waals surface area contributed by atoms with E-state index in [9.17, 15) is 9.18 Å². The highest BCUT2D eigenvalue weighted by Gasteiger charge is 2.48. The van der Waals surface area contributed by atoms with E-state index < -0.39 is 17.8 Å². The minimum atomic E-state index is -1.04. The van der Waals surface area contributed by atoms with Gasteiger partial charge in [-0.15, -0.1) is 0 Å². The Kier molecular flexibility index (Phi) is 5.90. The number of amides is 1. The largest absolute Gasteiger partial charge is 0.477 e. The van der Waals surface area contributed by atoms with Crippen LogP contribution in [0.25, 0.3) is 11.1 Å². The van der Waals surface area contributed by atoms with Crippen LogP contribution in [-0.4, -0.2) is 42.3 Å². The second-order valence-corrected chi connectivity index (χ2v) is 9.87. The Morgan fingerprint density at radius 2 is 2.06 bits per heavy atom.